The molecule has 1 aliphatic rings. The first kappa shape index (κ1) is 28.5. The molecular weight excluding hydrogens is 510 g/mol. The lowest BCUT2D eigenvalue weighted by molar-refractivity contribution is -0.145. The van der Waals surface area contributed by atoms with Crippen LogP contribution < -0.4 is 9.47 Å². The summed E-state index contributed by atoms with van der Waals surface area (Å²) in [5.74, 6) is 2.05. The van der Waals surface area contributed by atoms with Crippen LogP contribution in [-0.4, -0.2) is 28.4 Å². The van der Waals surface area contributed by atoms with Crippen molar-refractivity contribution in [3.63, 3.8) is 0 Å². The highest BCUT2D eigenvalue weighted by molar-refractivity contribution is 5.73. The number of aliphatic carboxylic acids is 1. The molecule has 0 spiro atoms. The number of aromatic nitrogens is 1. The van der Waals surface area contributed by atoms with E-state index in [0.717, 1.165) is 46.5 Å². The number of benzene rings is 3. The van der Waals surface area contributed by atoms with Crippen LogP contribution in [0.3, 0.4) is 0 Å². The highest BCUT2D eigenvalue weighted by atomic mass is 16.5. The number of ether oxygens (including phenoxy) is 2. The Kier molecular flexibility index (Phi) is 9.45. The second-order valence-corrected chi connectivity index (χ2v) is 11.3. The van der Waals surface area contributed by atoms with Gasteiger partial charge in [0.25, 0.3) is 0 Å². The minimum Gasteiger partial charge on any atom is -0.493 e. The lowest BCUT2D eigenvalue weighted by atomic mass is 9.80. The number of hydrogen-bond donors (Lipinski definition) is 1. The SMILES string of the molecule is CCCC1CCC(COc2ccc(-n3c(C)ccc3-c3ccc(O[C@H](Cc4ccccc4)C(=O)O)cc3)cc2)CC1. The van der Waals surface area contributed by atoms with Crippen LogP contribution >= 0.6 is 0 Å². The minimum atomic E-state index is -0.978. The summed E-state index contributed by atoms with van der Waals surface area (Å²) < 4.78 is 14.3. The Bertz CT molecular complexity index is 1380. The van der Waals surface area contributed by atoms with E-state index in [1.54, 1.807) is 0 Å². The predicted molar refractivity (Wildman–Crippen MR) is 164 cm³/mol. The van der Waals surface area contributed by atoms with Gasteiger partial charge in [-0.05, 0) is 103 Å². The first-order chi connectivity index (χ1) is 20.0. The average molecular weight is 552 g/mol. The van der Waals surface area contributed by atoms with Gasteiger partial charge in [0.15, 0.2) is 6.10 Å². The zero-order valence-corrected chi connectivity index (χ0v) is 24.2. The molecular formula is C36H41NO4. The molecule has 0 aliphatic heterocycles. The Morgan fingerprint density at radius 2 is 1.51 bits per heavy atom. The van der Waals surface area contributed by atoms with Crippen LogP contribution in [0, 0.1) is 18.8 Å². The number of carbonyl (C=O) groups is 1. The highest BCUT2D eigenvalue weighted by Crippen LogP contribution is 2.33. The standard InChI is InChI=1S/C36H41NO4/c1-3-7-27-11-13-29(14-12-27)25-40-32-21-17-31(18-22-32)37-26(2)10-23-34(37)30-15-19-33(20-16-30)41-35(36(38)39)24-28-8-5-4-6-9-28/h4-6,8-10,15-23,27,29,35H,3,7,11-14,24-25H2,1-2H3,(H,38,39)/t27?,29?,35-/m1/s1. The summed E-state index contributed by atoms with van der Waals surface area (Å²) in [5.41, 5.74) is 5.22. The summed E-state index contributed by atoms with van der Waals surface area (Å²) in [6.45, 7) is 5.19. The molecule has 41 heavy (non-hydrogen) atoms. The van der Waals surface area contributed by atoms with Crippen molar-refractivity contribution in [1.29, 1.82) is 0 Å². The molecule has 3 aromatic carbocycles. The van der Waals surface area contributed by atoms with Gasteiger partial charge in [-0.25, -0.2) is 4.79 Å². The summed E-state index contributed by atoms with van der Waals surface area (Å²) in [4.78, 5) is 11.8. The fraction of sp³-hybridized carbons (Fsp3) is 0.361. The third-order valence-corrected chi connectivity index (χ3v) is 8.29. The highest BCUT2D eigenvalue weighted by Gasteiger charge is 2.22. The number of hydrogen-bond acceptors (Lipinski definition) is 3. The first-order valence-electron chi connectivity index (χ1n) is 15.0. The molecule has 1 saturated carbocycles. The van der Waals surface area contributed by atoms with E-state index < -0.39 is 12.1 Å². The Hall–Kier alpha value is -3.99. The molecule has 0 radical (unpaired) electrons. The van der Waals surface area contributed by atoms with Crippen LogP contribution in [0.5, 0.6) is 11.5 Å². The second-order valence-electron chi connectivity index (χ2n) is 11.3. The molecule has 1 heterocycles. The molecule has 0 saturated heterocycles. The monoisotopic (exact) mass is 551 g/mol. The van der Waals surface area contributed by atoms with Crippen molar-refractivity contribution >= 4 is 5.97 Å². The van der Waals surface area contributed by atoms with Crippen molar-refractivity contribution < 1.29 is 19.4 Å². The number of nitrogens with zero attached hydrogens (tertiary/aromatic N) is 1. The Labute approximate surface area is 243 Å². The first-order valence-corrected chi connectivity index (χ1v) is 15.0. The number of aryl methyl sites for hydroxylation is 1. The van der Waals surface area contributed by atoms with E-state index in [0.29, 0.717) is 18.1 Å². The van der Waals surface area contributed by atoms with Crippen LogP contribution in [0.2, 0.25) is 0 Å². The van der Waals surface area contributed by atoms with E-state index in [1.807, 2.05) is 54.6 Å². The molecule has 214 valence electrons. The van der Waals surface area contributed by atoms with Gasteiger partial charge in [-0.15, -0.1) is 0 Å². The van der Waals surface area contributed by atoms with Crippen LogP contribution in [0.25, 0.3) is 16.9 Å². The van der Waals surface area contributed by atoms with Gasteiger partial charge in [0.2, 0.25) is 0 Å². The fourth-order valence-corrected chi connectivity index (χ4v) is 5.98. The zero-order chi connectivity index (χ0) is 28.6. The molecule has 0 bridgehead atoms. The number of carboxylic acids is 1. The van der Waals surface area contributed by atoms with Crippen molar-refractivity contribution in [3.8, 4) is 28.4 Å². The van der Waals surface area contributed by atoms with E-state index >= 15 is 0 Å². The normalized spacial score (nSPS) is 17.6. The van der Waals surface area contributed by atoms with Crippen LogP contribution in [0.1, 0.15) is 56.7 Å². The minimum absolute atomic E-state index is 0.305. The van der Waals surface area contributed by atoms with Gasteiger partial charge >= 0.3 is 5.97 Å². The Morgan fingerprint density at radius 1 is 0.854 bits per heavy atom. The molecule has 0 unspecified atom stereocenters. The molecule has 0 amide bonds. The number of rotatable bonds is 12. The van der Waals surface area contributed by atoms with Gasteiger partial charge in [0.05, 0.1) is 12.3 Å². The summed E-state index contributed by atoms with van der Waals surface area (Å²) in [6.07, 6.45) is 7.27. The van der Waals surface area contributed by atoms with Gasteiger partial charge in [-0.1, -0.05) is 62.9 Å². The second kappa shape index (κ2) is 13.6. The predicted octanol–water partition coefficient (Wildman–Crippen LogP) is 8.51. The zero-order valence-electron chi connectivity index (χ0n) is 24.2. The maximum Gasteiger partial charge on any atom is 0.345 e. The van der Waals surface area contributed by atoms with E-state index in [-0.39, 0.29) is 0 Å². The largest absolute Gasteiger partial charge is 0.493 e. The molecule has 5 nitrogen and oxygen atoms in total. The van der Waals surface area contributed by atoms with Crippen molar-refractivity contribution in [1.82, 2.24) is 4.57 Å². The molecule has 1 atom stereocenters. The van der Waals surface area contributed by atoms with Crippen molar-refractivity contribution in [2.24, 2.45) is 11.8 Å². The van der Waals surface area contributed by atoms with Gasteiger partial charge in [-0.3, -0.25) is 0 Å². The molecule has 1 fully saturated rings. The maximum atomic E-state index is 11.8. The third kappa shape index (κ3) is 7.40. The van der Waals surface area contributed by atoms with E-state index in [4.69, 9.17) is 9.47 Å². The molecule has 1 aliphatic carbocycles. The van der Waals surface area contributed by atoms with Crippen molar-refractivity contribution in [3.05, 3.63) is 102 Å². The third-order valence-electron chi connectivity index (χ3n) is 8.29. The van der Waals surface area contributed by atoms with Crippen LogP contribution in [0.4, 0.5) is 0 Å². The molecule has 5 rings (SSSR count). The fourth-order valence-electron chi connectivity index (χ4n) is 5.98. The summed E-state index contributed by atoms with van der Waals surface area (Å²) in [5, 5.41) is 9.70. The lowest BCUT2D eigenvalue weighted by Gasteiger charge is -2.28. The maximum absolute atomic E-state index is 11.8. The summed E-state index contributed by atoms with van der Waals surface area (Å²) in [7, 11) is 0. The average Bonchev–Trinajstić information content (AvgIpc) is 3.39. The summed E-state index contributed by atoms with van der Waals surface area (Å²) >= 11 is 0. The number of carboxylic acid groups (broad SMARTS) is 1. The molecule has 1 aromatic heterocycles. The van der Waals surface area contributed by atoms with E-state index in [1.165, 1.54) is 38.5 Å². The Balaban J connectivity index is 1.22. The van der Waals surface area contributed by atoms with E-state index in [2.05, 4.69) is 54.8 Å². The van der Waals surface area contributed by atoms with Gasteiger partial charge < -0.3 is 19.1 Å². The topological polar surface area (TPSA) is 60.7 Å². The van der Waals surface area contributed by atoms with Gasteiger partial charge in [0.1, 0.15) is 11.5 Å². The van der Waals surface area contributed by atoms with Gasteiger partial charge in [-0.2, -0.15) is 0 Å². The van der Waals surface area contributed by atoms with Crippen molar-refractivity contribution in [2.45, 2.75) is 64.9 Å². The smallest absolute Gasteiger partial charge is 0.345 e. The van der Waals surface area contributed by atoms with Gasteiger partial charge in [0, 0.05) is 17.8 Å². The molecule has 5 heteroatoms. The molecule has 1 N–H and O–H groups in total. The molecule has 4 aromatic rings. The lowest BCUT2D eigenvalue weighted by Crippen LogP contribution is -2.29. The van der Waals surface area contributed by atoms with Crippen LogP contribution in [0.15, 0.2) is 91.0 Å². The van der Waals surface area contributed by atoms with Crippen molar-refractivity contribution in [2.75, 3.05) is 6.61 Å². The summed E-state index contributed by atoms with van der Waals surface area (Å²) in [6, 6.07) is 29.8. The Morgan fingerprint density at radius 3 is 2.17 bits per heavy atom. The van der Waals surface area contributed by atoms with E-state index in [9.17, 15) is 9.90 Å². The van der Waals surface area contributed by atoms with Crippen LogP contribution in [-0.2, 0) is 11.2 Å². The quantitative estimate of drug-likeness (QED) is 0.192.